The van der Waals surface area contributed by atoms with Gasteiger partial charge in [0.15, 0.2) is 0 Å². The van der Waals surface area contributed by atoms with E-state index in [-0.39, 0.29) is 52.9 Å². The topological polar surface area (TPSA) is 0 Å². The SMILES string of the molecule is [2H]c1c([2H])c([2H])c(-c2c3ccccc3c(-c3c([2H])c([2H])c(-c4cc5cc(CC(C)C)ccc5c5ccc(CC(C)C)cc45)c([2H])c3[2H])c3ccccc23)c([2H])c1[2H]. The van der Waals surface area contributed by atoms with Gasteiger partial charge in [0.1, 0.15) is 0 Å². The highest BCUT2D eigenvalue weighted by Gasteiger charge is 2.17. The molecule has 0 N–H and O–H groups in total. The summed E-state index contributed by atoms with van der Waals surface area (Å²) in [6.07, 6.45) is 1.76. The van der Waals surface area contributed by atoms with Gasteiger partial charge in [-0.05, 0) is 118 Å². The molecule has 0 atom stereocenters. The van der Waals surface area contributed by atoms with Gasteiger partial charge in [-0.3, -0.25) is 0 Å². The zero-order valence-electron chi connectivity index (χ0n) is 36.7. The second-order valence-electron chi connectivity index (χ2n) is 13.6. The number of fused-ring (bicyclic) bond motifs is 5. The van der Waals surface area contributed by atoms with Crippen molar-refractivity contribution in [3.8, 4) is 33.4 Å². The highest BCUT2D eigenvalue weighted by molar-refractivity contribution is 6.21. The maximum atomic E-state index is 9.67. The van der Waals surface area contributed by atoms with Crippen LogP contribution in [0.5, 0.6) is 0 Å². The molecule has 0 aliphatic rings. The molecule has 0 aliphatic heterocycles. The average molecular weight is 628 g/mol. The Morgan fingerprint density at radius 3 is 1.46 bits per heavy atom. The lowest BCUT2D eigenvalue weighted by atomic mass is 9.85. The highest BCUT2D eigenvalue weighted by Crippen LogP contribution is 2.44. The first kappa shape index (κ1) is 21.6. The number of hydrogen-bond acceptors (Lipinski definition) is 0. The normalized spacial score (nSPS) is 14.5. The maximum absolute atomic E-state index is 9.67. The first-order chi connectivity index (χ1) is 27.2. The first-order valence-corrected chi connectivity index (χ1v) is 16.8. The van der Waals surface area contributed by atoms with Crippen LogP contribution in [0, 0.1) is 11.8 Å². The Morgan fingerprint density at radius 2 is 0.917 bits per heavy atom. The predicted molar refractivity (Wildman–Crippen MR) is 210 cm³/mol. The maximum Gasteiger partial charge on any atom is 0.0629 e. The molecule has 0 amide bonds. The van der Waals surface area contributed by atoms with Gasteiger partial charge in [0, 0.05) is 0 Å². The van der Waals surface area contributed by atoms with Gasteiger partial charge in [-0.1, -0.05) is 167 Å². The van der Waals surface area contributed by atoms with Gasteiger partial charge in [-0.25, -0.2) is 0 Å². The molecular weight excluding hydrogens is 577 g/mol. The monoisotopic (exact) mass is 627 g/mol. The summed E-state index contributed by atoms with van der Waals surface area (Å²) in [5.74, 6) is 0.877. The van der Waals surface area contributed by atoms with E-state index < -0.39 is 18.1 Å². The van der Waals surface area contributed by atoms with E-state index >= 15 is 0 Å². The van der Waals surface area contributed by atoms with Gasteiger partial charge in [-0.2, -0.15) is 0 Å². The van der Waals surface area contributed by atoms with Crippen molar-refractivity contribution in [2.24, 2.45) is 11.8 Å². The summed E-state index contributed by atoms with van der Waals surface area (Å²) >= 11 is 0. The second kappa shape index (κ2) is 12.4. The third kappa shape index (κ3) is 5.46. The van der Waals surface area contributed by atoms with Crippen molar-refractivity contribution in [1.29, 1.82) is 0 Å². The first-order valence-electron chi connectivity index (χ1n) is 21.3. The molecule has 8 aromatic rings. The van der Waals surface area contributed by atoms with Crippen LogP contribution in [0.2, 0.25) is 0 Å². The molecule has 0 aromatic heterocycles. The highest BCUT2D eigenvalue weighted by atomic mass is 14.2. The summed E-state index contributed by atoms with van der Waals surface area (Å²) in [5, 5.41) is 6.23. The molecule has 0 bridgehead atoms. The van der Waals surface area contributed by atoms with Gasteiger partial charge >= 0.3 is 0 Å². The van der Waals surface area contributed by atoms with Crippen molar-refractivity contribution in [1.82, 2.24) is 0 Å². The Hall–Kier alpha value is -5.20. The minimum absolute atomic E-state index is 0.0615. The van der Waals surface area contributed by atoms with Crippen LogP contribution in [0.4, 0.5) is 0 Å². The largest absolute Gasteiger partial charge is 0.0629 e. The molecule has 0 aliphatic carbocycles. The minimum atomic E-state index is -0.478. The summed E-state index contributed by atoms with van der Waals surface area (Å²) in [5.41, 5.74) is 4.36. The van der Waals surface area contributed by atoms with Gasteiger partial charge in [0.05, 0.1) is 12.3 Å². The third-order valence-corrected chi connectivity index (χ3v) is 9.19. The van der Waals surface area contributed by atoms with Gasteiger partial charge in [0.2, 0.25) is 0 Å². The molecule has 0 heterocycles. The van der Waals surface area contributed by atoms with Gasteiger partial charge < -0.3 is 0 Å². The van der Waals surface area contributed by atoms with Crippen molar-refractivity contribution in [2.45, 2.75) is 40.5 Å². The molecule has 0 heteroatoms. The Balaban J connectivity index is 1.46. The molecule has 0 fully saturated rings. The Bertz CT molecular complexity index is 2850. The van der Waals surface area contributed by atoms with E-state index in [1.807, 2.05) is 54.6 Å². The van der Waals surface area contributed by atoms with Gasteiger partial charge in [-0.15, -0.1) is 0 Å². The van der Waals surface area contributed by atoms with Crippen LogP contribution < -0.4 is 0 Å². The fourth-order valence-electron chi connectivity index (χ4n) is 7.28. The zero-order chi connectivity index (χ0) is 40.6. The zero-order valence-corrected chi connectivity index (χ0v) is 27.7. The van der Waals surface area contributed by atoms with Crippen LogP contribution in [0.15, 0.2) is 145 Å². The van der Waals surface area contributed by atoms with Crippen molar-refractivity contribution >= 4 is 43.1 Å². The summed E-state index contributed by atoms with van der Waals surface area (Å²) in [6.45, 7) is 8.72. The van der Waals surface area contributed by atoms with E-state index in [0.717, 1.165) is 39.9 Å². The van der Waals surface area contributed by atoms with E-state index in [1.165, 1.54) is 5.56 Å². The molecule has 0 saturated carbocycles. The predicted octanol–water partition coefficient (Wildman–Crippen LogP) is 13.7. The second-order valence-corrected chi connectivity index (χ2v) is 13.6. The summed E-state index contributed by atoms with van der Waals surface area (Å²) in [6, 6.07) is 26.8. The van der Waals surface area contributed by atoms with Crippen molar-refractivity contribution in [3.05, 3.63) is 157 Å². The van der Waals surface area contributed by atoms with E-state index in [9.17, 15) is 5.48 Å². The molecule has 0 spiro atoms. The van der Waals surface area contributed by atoms with Gasteiger partial charge in [0.25, 0.3) is 0 Å². The molecule has 234 valence electrons. The molecule has 0 radical (unpaired) electrons. The quantitative estimate of drug-likeness (QED) is 0.122. The van der Waals surface area contributed by atoms with E-state index in [4.69, 9.17) is 6.85 Å². The molecular formula is C48H42. The molecule has 0 saturated heterocycles. The molecule has 8 aromatic carbocycles. The summed E-state index contributed by atoms with van der Waals surface area (Å²) < 4.78 is 81.5. The molecule has 0 nitrogen and oxygen atoms in total. The standard InChI is InChI=1S/C48H42/c1-31(2)26-33-18-24-39-38(28-33)30-45(46-29-34(27-32(3)4)19-25-40(39)46)35-20-22-37(23-21-35)48-43-16-10-8-14-41(43)47(36-12-6-5-7-13-36)42-15-9-11-17-44(42)48/h5-25,28-32H,26-27H2,1-4H3/i5D,6D,7D,12D,13D,20D,21D,22D,23D. The number of benzene rings is 8. The lowest BCUT2D eigenvalue weighted by Crippen LogP contribution is -1.96. The van der Waals surface area contributed by atoms with Crippen molar-refractivity contribution < 1.29 is 12.3 Å². The third-order valence-electron chi connectivity index (χ3n) is 9.19. The molecule has 0 unspecified atom stereocenters. The van der Waals surface area contributed by atoms with Crippen LogP contribution in [-0.2, 0) is 12.8 Å². The van der Waals surface area contributed by atoms with Crippen molar-refractivity contribution in [2.75, 3.05) is 0 Å². The lowest BCUT2D eigenvalue weighted by Gasteiger charge is -2.18. The van der Waals surface area contributed by atoms with Crippen molar-refractivity contribution in [3.63, 3.8) is 0 Å². The smallest absolute Gasteiger partial charge is 0.0625 e. The number of hydrogen-bond donors (Lipinski definition) is 0. The van der Waals surface area contributed by atoms with Crippen LogP contribution in [0.25, 0.3) is 76.5 Å². The summed E-state index contributed by atoms with van der Waals surface area (Å²) in [4.78, 5) is 0. The van der Waals surface area contributed by atoms with Crippen LogP contribution in [0.1, 0.15) is 51.2 Å². The van der Waals surface area contributed by atoms with E-state index in [1.54, 1.807) is 0 Å². The minimum Gasteiger partial charge on any atom is -0.0625 e. The van der Waals surface area contributed by atoms with E-state index in [2.05, 4.69) is 64.1 Å². The fourth-order valence-corrected chi connectivity index (χ4v) is 7.28. The molecule has 8 rings (SSSR count). The summed E-state index contributed by atoms with van der Waals surface area (Å²) in [7, 11) is 0. The number of rotatable bonds is 7. The Labute approximate surface area is 297 Å². The Morgan fingerprint density at radius 1 is 0.438 bits per heavy atom. The van der Waals surface area contributed by atoms with Crippen LogP contribution in [0.3, 0.4) is 0 Å². The van der Waals surface area contributed by atoms with Crippen LogP contribution in [-0.4, -0.2) is 0 Å². The molecule has 48 heavy (non-hydrogen) atoms. The average Bonchev–Trinajstić information content (AvgIpc) is 3.18. The fraction of sp³-hybridized carbons (Fsp3) is 0.167. The van der Waals surface area contributed by atoms with Crippen LogP contribution >= 0.6 is 0 Å². The lowest BCUT2D eigenvalue weighted by molar-refractivity contribution is 0.647. The van der Waals surface area contributed by atoms with E-state index in [0.29, 0.717) is 50.1 Å². The Kier molecular flexibility index (Phi) is 5.60.